The number of anilines is 1. The minimum atomic E-state index is 0.222. The van der Waals surface area contributed by atoms with Crippen molar-refractivity contribution in [2.75, 3.05) is 5.73 Å². The van der Waals surface area contributed by atoms with Crippen LogP contribution in [0.25, 0.3) is 11.0 Å². The van der Waals surface area contributed by atoms with Gasteiger partial charge in [0.15, 0.2) is 0 Å². The summed E-state index contributed by atoms with van der Waals surface area (Å²) in [4.78, 5) is 7.28. The van der Waals surface area contributed by atoms with Crippen LogP contribution in [0.2, 0.25) is 0 Å². The Bertz CT molecular complexity index is 600. The van der Waals surface area contributed by atoms with E-state index in [0.29, 0.717) is 11.4 Å². The molecule has 0 radical (unpaired) electrons. The van der Waals surface area contributed by atoms with E-state index in [0.717, 1.165) is 35.9 Å². The molecule has 0 aromatic carbocycles. The molecule has 0 bridgehead atoms. The summed E-state index contributed by atoms with van der Waals surface area (Å²) in [6.45, 7) is 0. The fraction of sp³-hybridized carbons (Fsp3) is 0.385. The van der Waals surface area contributed by atoms with E-state index in [1.807, 2.05) is 12.3 Å². The van der Waals surface area contributed by atoms with Crippen LogP contribution in [0.1, 0.15) is 24.8 Å². The lowest BCUT2D eigenvalue weighted by atomic mass is 9.93. The molecule has 0 amide bonds. The summed E-state index contributed by atoms with van der Waals surface area (Å²) in [5, 5.41) is 9.33. The number of nitrogens with one attached hydrogen (secondary N) is 2. The third-order valence-electron chi connectivity index (χ3n) is 3.77. The van der Waals surface area contributed by atoms with Crippen molar-refractivity contribution < 1.29 is 0 Å². The van der Waals surface area contributed by atoms with E-state index < -0.39 is 0 Å². The molecule has 0 saturated heterocycles. The van der Waals surface area contributed by atoms with Crippen LogP contribution in [0.4, 0.5) is 5.69 Å². The molecule has 1 aliphatic carbocycles. The van der Waals surface area contributed by atoms with E-state index in [4.69, 9.17) is 16.9 Å². The van der Waals surface area contributed by atoms with Crippen molar-refractivity contribution in [1.29, 1.82) is 5.41 Å². The average Bonchev–Trinajstić information content (AvgIpc) is 2.96. The molecule has 1 aliphatic rings. The van der Waals surface area contributed by atoms with Gasteiger partial charge in [-0.15, -0.1) is 0 Å². The Labute approximate surface area is 105 Å². The first-order valence-electron chi connectivity index (χ1n) is 6.22. The standard InChI is InChI=1S/C13H17N5/c14-8-2-1-7(5-8)12(16)11-9-3-4-17-13(9)18-6-10(11)15/h3-4,6-8,16H,1-2,5,14-15H2,(H,17,18). The van der Waals surface area contributed by atoms with Crippen LogP contribution < -0.4 is 11.5 Å². The van der Waals surface area contributed by atoms with Gasteiger partial charge in [-0.05, 0) is 25.3 Å². The Morgan fingerprint density at radius 1 is 1.44 bits per heavy atom. The number of pyridine rings is 1. The SMILES string of the molecule is N=C(c1c(N)cnc2[nH]ccc12)C1CCC(N)C1. The van der Waals surface area contributed by atoms with Gasteiger partial charge >= 0.3 is 0 Å². The minimum absolute atomic E-state index is 0.222. The summed E-state index contributed by atoms with van der Waals surface area (Å²) < 4.78 is 0. The van der Waals surface area contributed by atoms with Crippen molar-refractivity contribution >= 4 is 22.4 Å². The van der Waals surface area contributed by atoms with E-state index in [-0.39, 0.29) is 12.0 Å². The van der Waals surface area contributed by atoms with Crippen molar-refractivity contribution in [2.45, 2.75) is 25.3 Å². The van der Waals surface area contributed by atoms with Gasteiger partial charge in [0.2, 0.25) is 0 Å². The van der Waals surface area contributed by atoms with E-state index in [1.54, 1.807) is 6.20 Å². The second-order valence-corrected chi connectivity index (χ2v) is 5.01. The molecule has 6 N–H and O–H groups in total. The zero-order valence-corrected chi connectivity index (χ0v) is 10.1. The Kier molecular flexibility index (Phi) is 2.56. The summed E-state index contributed by atoms with van der Waals surface area (Å²) >= 11 is 0. The monoisotopic (exact) mass is 243 g/mol. The predicted molar refractivity (Wildman–Crippen MR) is 72.7 cm³/mol. The molecule has 1 fully saturated rings. The molecule has 1 saturated carbocycles. The van der Waals surface area contributed by atoms with E-state index in [1.165, 1.54) is 0 Å². The lowest BCUT2D eigenvalue weighted by molar-refractivity contribution is 0.675. The number of aromatic amines is 1. The predicted octanol–water partition coefficient (Wildman–Crippen LogP) is 1.64. The van der Waals surface area contributed by atoms with Gasteiger partial charge in [-0.2, -0.15) is 0 Å². The molecule has 0 spiro atoms. The first-order chi connectivity index (χ1) is 8.66. The second kappa shape index (κ2) is 4.10. The first-order valence-corrected chi connectivity index (χ1v) is 6.22. The molecule has 2 aromatic heterocycles. The maximum Gasteiger partial charge on any atom is 0.138 e. The largest absolute Gasteiger partial charge is 0.397 e. The normalized spacial score (nSPS) is 23.6. The van der Waals surface area contributed by atoms with Gasteiger partial charge in [0.25, 0.3) is 0 Å². The molecule has 2 heterocycles. The highest BCUT2D eigenvalue weighted by Gasteiger charge is 2.28. The Hall–Kier alpha value is -1.88. The fourth-order valence-corrected chi connectivity index (χ4v) is 2.81. The van der Waals surface area contributed by atoms with Crippen LogP contribution in [-0.4, -0.2) is 21.7 Å². The lowest BCUT2D eigenvalue weighted by Gasteiger charge is -2.14. The van der Waals surface area contributed by atoms with Crippen LogP contribution in [0.15, 0.2) is 18.5 Å². The van der Waals surface area contributed by atoms with Crippen molar-refractivity contribution in [2.24, 2.45) is 11.7 Å². The quantitative estimate of drug-likeness (QED) is 0.602. The number of hydrogen-bond acceptors (Lipinski definition) is 4. The maximum absolute atomic E-state index is 8.40. The van der Waals surface area contributed by atoms with Gasteiger partial charge in [-0.1, -0.05) is 0 Å². The highest BCUT2D eigenvalue weighted by Crippen LogP contribution is 2.31. The number of nitrogens with zero attached hydrogens (tertiary/aromatic N) is 1. The van der Waals surface area contributed by atoms with Crippen LogP contribution in [-0.2, 0) is 0 Å². The van der Waals surface area contributed by atoms with Gasteiger partial charge in [0.1, 0.15) is 5.65 Å². The summed E-state index contributed by atoms with van der Waals surface area (Å²) in [5.74, 6) is 0.225. The average molecular weight is 243 g/mol. The first kappa shape index (κ1) is 11.2. The minimum Gasteiger partial charge on any atom is -0.397 e. The molecule has 18 heavy (non-hydrogen) atoms. The Balaban J connectivity index is 2.05. The molecule has 5 heteroatoms. The molecule has 0 aliphatic heterocycles. The van der Waals surface area contributed by atoms with Crippen molar-refractivity contribution in [1.82, 2.24) is 9.97 Å². The zero-order valence-electron chi connectivity index (χ0n) is 10.1. The van der Waals surface area contributed by atoms with Crippen molar-refractivity contribution in [3.05, 3.63) is 24.0 Å². The maximum atomic E-state index is 8.40. The Morgan fingerprint density at radius 2 is 2.28 bits per heavy atom. The summed E-state index contributed by atoms with van der Waals surface area (Å²) in [6, 6.07) is 2.15. The van der Waals surface area contributed by atoms with Gasteiger partial charge in [-0.25, -0.2) is 4.98 Å². The number of aromatic nitrogens is 2. The fourth-order valence-electron chi connectivity index (χ4n) is 2.81. The topological polar surface area (TPSA) is 105 Å². The van der Waals surface area contributed by atoms with Crippen molar-refractivity contribution in [3.63, 3.8) is 0 Å². The third kappa shape index (κ3) is 1.67. The molecule has 2 atom stereocenters. The molecular weight excluding hydrogens is 226 g/mol. The smallest absolute Gasteiger partial charge is 0.138 e. The highest BCUT2D eigenvalue weighted by molar-refractivity contribution is 6.13. The lowest BCUT2D eigenvalue weighted by Crippen LogP contribution is -2.19. The summed E-state index contributed by atoms with van der Waals surface area (Å²) in [5.41, 5.74) is 14.7. The molecule has 2 unspecified atom stereocenters. The number of rotatable bonds is 2. The molecule has 94 valence electrons. The second-order valence-electron chi connectivity index (χ2n) is 5.01. The highest BCUT2D eigenvalue weighted by atomic mass is 14.8. The molecular formula is C13H17N5. The summed E-state index contributed by atoms with van der Waals surface area (Å²) in [6.07, 6.45) is 6.31. The van der Waals surface area contributed by atoms with Gasteiger partial charge in [0.05, 0.1) is 11.9 Å². The van der Waals surface area contributed by atoms with Gasteiger partial charge < -0.3 is 21.9 Å². The number of fused-ring (bicyclic) bond motifs is 1. The Morgan fingerprint density at radius 3 is 3.00 bits per heavy atom. The van der Waals surface area contributed by atoms with E-state index in [2.05, 4.69) is 9.97 Å². The van der Waals surface area contributed by atoms with E-state index in [9.17, 15) is 0 Å². The van der Waals surface area contributed by atoms with Crippen LogP contribution in [0, 0.1) is 11.3 Å². The summed E-state index contributed by atoms with van der Waals surface area (Å²) in [7, 11) is 0. The zero-order chi connectivity index (χ0) is 12.7. The van der Waals surface area contributed by atoms with Crippen LogP contribution in [0.3, 0.4) is 0 Å². The van der Waals surface area contributed by atoms with Crippen molar-refractivity contribution in [3.8, 4) is 0 Å². The molecule has 3 rings (SSSR count). The van der Waals surface area contributed by atoms with E-state index >= 15 is 0 Å². The van der Waals surface area contributed by atoms with Crippen LogP contribution >= 0.6 is 0 Å². The van der Waals surface area contributed by atoms with Gasteiger partial charge in [0, 0.05) is 34.8 Å². The third-order valence-corrected chi connectivity index (χ3v) is 3.77. The number of H-pyrrole nitrogens is 1. The number of nitrogen functional groups attached to an aromatic ring is 1. The number of hydrogen-bond donors (Lipinski definition) is 4. The van der Waals surface area contributed by atoms with Gasteiger partial charge in [-0.3, -0.25) is 0 Å². The number of nitrogens with two attached hydrogens (primary N) is 2. The van der Waals surface area contributed by atoms with Crippen LogP contribution in [0.5, 0.6) is 0 Å². The molecule has 5 nitrogen and oxygen atoms in total. The molecule has 2 aromatic rings.